The predicted molar refractivity (Wildman–Crippen MR) is 70.3 cm³/mol. The number of likely N-dealkylation sites (tertiary alicyclic amines) is 1. The molecular weight excluding hydrogens is 250 g/mol. The quantitative estimate of drug-likeness (QED) is 0.786. The number of thiophene rings is 1. The van der Waals surface area contributed by atoms with Crippen LogP contribution in [0.15, 0.2) is 11.4 Å². The molecule has 1 fully saturated rings. The first kappa shape index (κ1) is 13.2. The van der Waals surface area contributed by atoms with Gasteiger partial charge in [0.1, 0.15) is 0 Å². The van der Waals surface area contributed by atoms with E-state index in [2.05, 4.69) is 0 Å². The van der Waals surface area contributed by atoms with Crippen LogP contribution in [0.1, 0.15) is 39.8 Å². The van der Waals surface area contributed by atoms with Gasteiger partial charge in [-0.15, -0.1) is 11.3 Å². The molecule has 0 aromatic carbocycles. The van der Waals surface area contributed by atoms with Gasteiger partial charge in [-0.25, -0.2) is 0 Å². The van der Waals surface area contributed by atoms with Gasteiger partial charge >= 0.3 is 0 Å². The van der Waals surface area contributed by atoms with E-state index in [1.807, 2.05) is 4.90 Å². The van der Waals surface area contributed by atoms with Crippen LogP contribution < -0.4 is 0 Å². The van der Waals surface area contributed by atoms with Crippen LogP contribution in [0.2, 0.25) is 0 Å². The molecule has 1 aliphatic rings. The predicted octanol–water partition coefficient (Wildman–Crippen LogP) is 2.20. The van der Waals surface area contributed by atoms with E-state index in [0.717, 1.165) is 19.4 Å². The van der Waals surface area contributed by atoms with Crippen LogP contribution in [0.25, 0.3) is 0 Å². The maximum absolute atomic E-state index is 12.3. The lowest BCUT2D eigenvalue weighted by Gasteiger charge is -2.23. The molecule has 0 aliphatic carbocycles. The maximum Gasteiger partial charge on any atom is 0.255 e. The van der Waals surface area contributed by atoms with Gasteiger partial charge in [0.25, 0.3) is 5.91 Å². The lowest BCUT2D eigenvalue weighted by molar-refractivity contribution is 0.0631. The Bertz CT molecular complexity index is 455. The number of nitrogens with zero attached hydrogens (tertiary/aromatic N) is 1. The van der Waals surface area contributed by atoms with Crippen LogP contribution in [0.3, 0.4) is 0 Å². The minimum Gasteiger partial charge on any atom is -0.383 e. The molecule has 0 saturated carbocycles. The highest BCUT2D eigenvalue weighted by Crippen LogP contribution is 2.23. The lowest BCUT2D eigenvalue weighted by atomic mass is 10.2. The van der Waals surface area contributed by atoms with Gasteiger partial charge in [0.15, 0.2) is 5.78 Å². The Labute approximate surface area is 111 Å². The Morgan fingerprint density at radius 3 is 2.94 bits per heavy atom. The highest BCUT2D eigenvalue weighted by Gasteiger charge is 2.29. The molecule has 0 radical (unpaired) electrons. The molecule has 0 unspecified atom stereocenters. The number of hydrogen-bond donors (Lipinski definition) is 0. The molecule has 0 spiro atoms. The Kier molecular flexibility index (Phi) is 4.14. The lowest BCUT2D eigenvalue weighted by Crippen LogP contribution is -2.37. The van der Waals surface area contributed by atoms with Crippen molar-refractivity contribution in [1.29, 1.82) is 0 Å². The normalized spacial score (nSPS) is 19.2. The Balaban J connectivity index is 2.12. The first-order valence-electron chi connectivity index (χ1n) is 6.03. The summed E-state index contributed by atoms with van der Waals surface area (Å²) in [5.74, 6) is 0.0206. The van der Waals surface area contributed by atoms with Gasteiger partial charge in [0.05, 0.1) is 23.1 Å². The molecule has 2 heterocycles. The minimum atomic E-state index is 0.00825. The average molecular weight is 267 g/mol. The number of Topliss-reactive ketones (excluding diaryl/α,β-unsaturated/α-hetero) is 1. The summed E-state index contributed by atoms with van der Waals surface area (Å²) in [6.07, 6.45) is 2.01. The van der Waals surface area contributed by atoms with E-state index in [1.54, 1.807) is 18.6 Å². The van der Waals surface area contributed by atoms with Crippen LogP contribution in [-0.4, -0.2) is 42.9 Å². The monoisotopic (exact) mass is 267 g/mol. The molecule has 5 heteroatoms. The van der Waals surface area contributed by atoms with Gasteiger partial charge in [-0.2, -0.15) is 0 Å². The zero-order valence-corrected chi connectivity index (χ0v) is 11.5. The summed E-state index contributed by atoms with van der Waals surface area (Å²) in [6.45, 7) is 2.87. The van der Waals surface area contributed by atoms with Gasteiger partial charge in [-0.05, 0) is 25.8 Å². The molecule has 0 bridgehead atoms. The zero-order valence-electron chi connectivity index (χ0n) is 10.6. The first-order chi connectivity index (χ1) is 8.63. The Morgan fingerprint density at radius 2 is 2.33 bits per heavy atom. The van der Waals surface area contributed by atoms with E-state index >= 15 is 0 Å². The average Bonchev–Trinajstić information content (AvgIpc) is 2.97. The number of ketones is 1. The molecule has 18 heavy (non-hydrogen) atoms. The second kappa shape index (κ2) is 5.63. The van der Waals surface area contributed by atoms with Crippen molar-refractivity contribution in [2.45, 2.75) is 25.8 Å². The SMILES string of the molecule is COC[C@H]1CCCN1C(=O)c1csc(C(C)=O)c1. The van der Waals surface area contributed by atoms with Gasteiger partial charge in [-0.1, -0.05) is 0 Å². The van der Waals surface area contributed by atoms with Gasteiger partial charge in [0, 0.05) is 19.0 Å². The fourth-order valence-corrected chi connectivity index (χ4v) is 3.05. The van der Waals surface area contributed by atoms with E-state index < -0.39 is 0 Å². The summed E-state index contributed by atoms with van der Waals surface area (Å²) < 4.78 is 5.14. The van der Waals surface area contributed by atoms with Gasteiger partial charge in [0.2, 0.25) is 0 Å². The summed E-state index contributed by atoms with van der Waals surface area (Å²) in [4.78, 5) is 26.1. The van der Waals surface area contributed by atoms with E-state index in [9.17, 15) is 9.59 Å². The largest absolute Gasteiger partial charge is 0.383 e. The summed E-state index contributed by atoms with van der Waals surface area (Å²) in [6, 6.07) is 1.86. The van der Waals surface area contributed by atoms with E-state index in [0.29, 0.717) is 17.0 Å². The van der Waals surface area contributed by atoms with Crippen molar-refractivity contribution in [2.24, 2.45) is 0 Å². The van der Waals surface area contributed by atoms with Crippen molar-refractivity contribution in [2.75, 3.05) is 20.3 Å². The van der Waals surface area contributed by atoms with Crippen molar-refractivity contribution in [1.82, 2.24) is 4.90 Å². The third-order valence-corrected chi connectivity index (χ3v) is 4.22. The fraction of sp³-hybridized carbons (Fsp3) is 0.538. The molecule has 2 rings (SSSR count). The number of amides is 1. The Morgan fingerprint density at radius 1 is 1.56 bits per heavy atom. The molecule has 4 nitrogen and oxygen atoms in total. The first-order valence-corrected chi connectivity index (χ1v) is 6.91. The van der Waals surface area contributed by atoms with E-state index in [1.165, 1.54) is 18.3 Å². The van der Waals surface area contributed by atoms with Crippen molar-refractivity contribution in [3.63, 3.8) is 0 Å². The third-order valence-electron chi connectivity index (χ3n) is 3.19. The zero-order chi connectivity index (χ0) is 13.1. The molecule has 1 amide bonds. The second-order valence-electron chi connectivity index (χ2n) is 4.51. The summed E-state index contributed by atoms with van der Waals surface area (Å²) in [5.41, 5.74) is 0.619. The molecule has 1 saturated heterocycles. The number of hydrogen-bond acceptors (Lipinski definition) is 4. The van der Waals surface area contributed by atoms with Crippen molar-refractivity contribution in [3.05, 3.63) is 21.9 Å². The number of ether oxygens (including phenoxy) is 1. The fourth-order valence-electron chi connectivity index (χ4n) is 2.27. The highest BCUT2D eigenvalue weighted by atomic mass is 32.1. The third kappa shape index (κ3) is 2.62. The number of rotatable bonds is 4. The smallest absolute Gasteiger partial charge is 0.255 e. The number of carbonyl (C=O) groups is 2. The topological polar surface area (TPSA) is 46.6 Å². The molecule has 1 aromatic heterocycles. The standard InChI is InChI=1S/C13H17NO3S/c1-9(15)12-6-10(8-18-12)13(16)14-5-3-4-11(14)7-17-2/h6,8,11H,3-5,7H2,1-2H3/t11-/m1/s1. The molecule has 0 N–H and O–H groups in total. The summed E-state index contributed by atoms with van der Waals surface area (Å²) in [7, 11) is 1.65. The molecule has 1 aliphatic heterocycles. The molecule has 98 valence electrons. The van der Waals surface area contributed by atoms with Gasteiger partial charge in [-0.3, -0.25) is 9.59 Å². The molecule has 1 aromatic rings. The van der Waals surface area contributed by atoms with Crippen LogP contribution in [0, 0.1) is 0 Å². The number of methoxy groups -OCH3 is 1. The highest BCUT2D eigenvalue weighted by molar-refractivity contribution is 7.12. The van der Waals surface area contributed by atoms with Crippen molar-refractivity contribution < 1.29 is 14.3 Å². The van der Waals surface area contributed by atoms with E-state index in [-0.39, 0.29) is 17.7 Å². The Hall–Kier alpha value is -1.20. The number of carbonyl (C=O) groups excluding carboxylic acids is 2. The summed E-state index contributed by atoms with van der Waals surface area (Å²) >= 11 is 1.33. The molecule has 1 atom stereocenters. The second-order valence-corrected chi connectivity index (χ2v) is 5.42. The van der Waals surface area contributed by atoms with Crippen LogP contribution in [0.4, 0.5) is 0 Å². The van der Waals surface area contributed by atoms with Crippen LogP contribution >= 0.6 is 11.3 Å². The maximum atomic E-state index is 12.3. The van der Waals surface area contributed by atoms with Gasteiger partial charge < -0.3 is 9.64 Å². The van der Waals surface area contributed by atoms with Crippen LogP contribution in [-0.2, 0) is 4.74 Å². The molecular formula is C13H17NO3S. The summed E-state index contributed by atoms with van der Waals surface area (Å²) in [5, 5.41) is 1.77. The minimum absolute atomic E-state index is 0.00825. The van der Waals surface area contributed by atoms with Crippen molar-refractivity contribution in [3.8, 4) is 0 Å². The van der Waals surface area contributed by atoms with Crippen molar-refractivity contribution >= 4 is 23.0 Å². The van der Waals surface area contributed by atoms with E-state index in [4.69, 9.17) is 4.74 Å². The van der Waals surface area contributed by atoms with Crippen LogP contribution in [0.5, 0.6) is 0 Å².